The predicted molar refractivity (Wildman–Crippen MR) is 63.0 cm³/mol. The highest BCUT2D eigenvalue weighted by Gasteiger charge is 1.80. The lowest BCUT2D eigenvalue weighted by molar-refractivity contribution is 0.266. The summed E-state index contributed by atoms with van der Waals surface area (Å²) in [5.74, 6) is 0. The van der Waals surface area contributed by atoms with Gasteiger partial charge in [0.15, 0.2) is 0 Å². The second-order valence-corrected chi connectivity index (χ2v) is 2.57. The molecule has 0 radical (unpaired) electrons. The minimum atomic E-state index is -0.574. The highest BCUT2D eigenvalue weighted by atomic mass is 35.5. The van der Waals surface area contributed by atoms with Crippen LogP contribution in [0.4, 0.5) is 11.4 Å². The molecule has 5 heteroatoms. The summed E-state index contributed by atoms with van der Waals surface area (Å²) in [6.07, 6.45) is 0.398. The van der Waals surface area contributed by atoms with Crippen molar-refractivity contribution in [2.75, 3.05) is 11.5 Å². The smallest absolute Gasteiger partial charge is 0.0856 e. The monoisotopic (exact) mass is 217 g/mol. The SMILES string of the molecule is CC(O)C=N.Cl.Nc1ccc(N)cc1. The lowest BCUT2D eigenvalue weighted by Gasteiger charge is -1.90. The van der Waals surface area contributed by atoms with Gasteiger partial charge in [0.25, 0.3) is 0 Å². The van der Waals surface area contributed by atoms with Gasteiger partial charge in [0.05, 0.1) is 6.10 Å². The first-order valence-corrected chi connectivity index (χ1v) is 3.86. The van der Waals surface area contributed by atoms with E-state index in [0.717, 1.165) is 17.6 Å². The zero-order chi connectivity index (χ0) is 10.3. The summed E-state index contributed by atoms with van der Waals surface area (Å²) >= 11 is 0. The van der Waals surface area contributed by atoms with Gasteiger partial charge in [0.1, 0.15) is 0 Å². The van der Waals surface area contributed by atoms with Gasteiger partial charge in [-0.2, -0.15) is 0 Å². The Labute approximate surface area is 89.8 Å². The summed E-state index contributed by atoms with van der Waals surface area (Å²) in [6.45, 7) is 1.53. The zero-order valence-electron chi connectivity index (χ0n) is 7.97. The minimum absolute atomic E-state index is 0. The molecule has 1 atom stereocenters. The first-order valence-electron chi connectivity index (χ1n) is 3.86. The minimum Gasteiger partial charge on any atom is -0.399 e. The predicted octanol–water partition coefficient (Wildman–Crippen LogP) is 1.29. The van der Waals surface area contributed by atoms with Gasteiger partial charge in [-0.05, 0) is 31.2 Å². The van der Waals surface area contributed by atoms with Crippen molar-refractivity contribution in [1.82, 2.24) is 0 Å². The topological polar surface area (TPSA) is 96.1 Å². The molecule has 0 saturated carbocycles. The van der Waals surface area contributed by atoms with E-state index in [1.165, 1.54) is 6.92 Å². The fourth-order valence-corrected chi connectivity index (χ4v) is 0.496. The third kappa shape index (κ3) is 8.83. The summed E-state index contributed by atoms with van der Waals surface area (Å²) < 4.78 is 0. The molecule has 0 amide bonds. The van der Waals surface area contributed by atoms with Crippen LogP contribution in [0.15, 0.2) is 24.3 Å². The number of benzene rings is 1. The molecule has 6 N–H and O–H groups in total. The van der Waals surface area contributed by atoms with E-state index >= 15 is 0 Å². The van der Waals surface area contributed by atoms with Crippen molar-refractivity contribution in [3.8, 4) is 0 Å². The van der Waals surface area contributed by atoms with Gasteiger partial charge in [0.2, 0.25) is 0 Å². The summed E-state index contributed by atoms with van der Waals surface area (Å²) in [4.78, 5) is 0. The van der Waals surface area contributed by atoms with Gasteiger partial charge < -0.3 is 22.0 Å². The molecule has 0 fully saturated rings. The summed E-state index contributed by atoms with van der Waals surface area (Å²) in [5.41, 5.74) is 12.2. The first-order chi connectivity index (χ1) is 6.06. The van der Waals surface area contributed by atoms with Crippen molar-refractivity contribution < 1.29 is 5.11 Å². The Morgan fingerprint density at radius 3 is 1.57 bits per heavy atom. The molecule has 80 valence electrons. The van der Waals surface area contributed by atoms with Crippen molar-refractivity contribution in [1.29, 1.82) is 5.41 Å². The molecule has 0 aliphatic heterocycles. The number of hydrogen-bond acceptors (Lipinski definition) is 4. The normalized spacial score (nSPS) is 10.1. The zero-order valence-corrected chi connectivity index (χ0v) is 8.79. The van der Waals surface area contributed by atoms with Crippen molar-refractivity contribution in [3.63, 3.8) is 0 Å². The highest BCUT2D eigenvalue weighted by molar-refractivity contribution is 5.85. The van der Waals surface area contributed by atoms with Gasteiger partial charge in [-0.1, -0.05) is 0 Å². The van der Waals surface area contributed by atoms with Gasteiger partial charge >= 0.3 is 0 Å². The van der Waals surface area contributed by atoms with Crippen LogP contribution in [-0.2, 0) is 0 Å². The third-order valence-corrected chi connectivity index (χ3v) is 1.18. The summed E-state index contributed by atoms with van der Waals surface area (Å²) in [7, 11) is 0. The quantitative estimate of drug-likeness (QED) is 0.422. The van der Waals surface area contributed by atoms with Crippen molar-refractivity contribution >= 4 is 30.0 Å². The Hall–Kier alpha value is -1.26. The van der Waals surface area contributed by atoms with E-state index in [0.29, 0.717) is 0 Å². The van der Waals surface area contributed by atoms with Gasteiger partial charge in [0, 0.05) is 17.6 Å². The van der Waals surface area contributed by atoms with Crippen LogP contribution in [0.5, 0.6) is 0 Å². The molecule has 14 heavy (non-hydrogen) atoms. The Kier molecular flexibility index (Phi) is 9.07. The van der Waals surface area contributed by atoms with Crippen LogP contribution in [0.1, 0.15) is 6.92 Å². The number of halogens is 1. The summed E-state index contributed by atoms with van der Waals surface area (Å²) in [5, 5.41) is 14.4. The van der Waals surface area contributed by atoms with E-state index in [9.17, 15) is 0 Å². The molecule has 4 nitrogen and oxygen atoms in total. The second-order valence-electron chi connectivity index (χ2n) is 2.57. The molecule has 0 spiro atoms. The van der Waals surface area contributed by atoms with Crippen LogP contribution >= 0.6 is 12.4 Å². The Balaban J connectivity index is 0. The van der Waals surface area contributed by atoms with E-state index in [4.69, 9.17) is 22.0 Å². The molecule has 1 aromatic carbocycles. The van der Waals surface area contributed by atoms with Crippen LogP contribution in [-0.4, -0.2) is 17.4 Å². The maximum Gasteiger partial charge on any atom is 0.0856 e. The third-order valence-electron chi connectivity index (χ3n) is 1.18. The lowest BCUT2D eigenvalue weighted by Crippen LogP contribution is -1.97. The number of rotatable bonds is 1. The van der Waals surface area contributed by atoms with E-state index in [1.54, 1.807) is 24.3 Å². The fourth-order valence-electron chi connectivity index (χ4n) is 0.496. The average molecular weight is 218 g/mol. The van der Waals surface area contributed by atoms with Crippen LogP contribution in [0.3, 0.4) is 0 Å². The van der Waals surface area contributed by atoms with Gasteiger partial charge in [-0.25, -0.2) is 0 Å². The molecule has 0 bridgehead atoms. The molecular weight excluding hydrogens is 202 g/mol. The first kappa shape index (κ1) is 15.2. The number of aliphatic hydroxyl groups excluding tert-OH is 1. The molecular formula is C9H16ClN3O. The molecule has 0 aromatic heterocycles. The average Bonchev–Trinajstić information content (AvgIpc) is 2.11. The van der Waals surface area contributed by atoms with Gasteiger partial charge in [-0.3, -0.25) is 0 Å². The standard InChI is InChI=1S/C6H8N2.C3H7NO.ClH/c7-5-1-2-6(8)4-3-5;1-3(5)2-4;/h1-4H,7-8H2;2-5H,1H3;1H. The number of anilines is 2. The molecule has 0 saturated heterocycles. The molecule has 1 rings (SSSR count). The maximum absolute atomic E-state index is 8.12. The largest absolute Gasteiger partial charge is 0.399 e. The maximum atomic E-state index is 8.12. The van der Waals surface area contributed by atoms with Crippen molar-refractivity contribution in [3.05, 3.63) is 24.3 Å². The van der Waals surface area contributed by atoms with Crippen LogP contribution in [0.2, 0.25) is 0 Å². The van der Waals surface area contributed by atoms with Gasteiger partial charge in [-0.15, -0.1) is 12.4 Å². The number of nitrogens with two attached hydrogens (primary N) is 2. The van der Waals surface area contributed by atoms with Crippen molar-refractivity contribution in [2.45, 2.75) is 13.0 Å². The lowest BCUT2D eigenvalue weighted by atomic mass is 10.3. The van der Waals surface area contributed by atoms with E-state index in [1.807, 2.05) is 0 Å². The molecule has 0 aliphatic carbocycles. The Morgan fingerprint density at radius 1 is 1.21 bits per heavy atom. The Bertz CT molecular complexity index is 228. The second kappa shape index (κ2) is 8.34. The Morgan fingerprint density at radius 2 is 1.43 bits per heavy atom. The molecule has 0 aliphatic rings. The van der Waals surface area contributed by atoms with E-state index in [-0.39, 0.29) is 12.4 Å². The van der Waals surface area contributed by atoms with E-state index in [2.05, 4.69) is 0 Å². The number of hydrogen-bond donors (Lipinski definition) is 4. The number of nitrogens with one attached hydrogen (secondary N) is 1. The fraction of sp³-hybridized carbons (Fsp3) is 0.222. The molecule has 1 aromatic rings. The summed E-state index contributed by atoms with van der Waals surface area (Å²) in [6, 6.07) is 7.09. The number of nitrogen functional groups attached to an aromatic ring is 2. The highest BCUT2D eigenvalue weighted by Crippen LogP contribution is 2.04. The van der Waals surface area contributed by atoms with Crippen LogP contribution in [0.25, 0.3) is 0 Å². The van der Waals surface area contributed by atoms with Crippen LogP contribution < -0.4 is 11.5 Å². The molecule has 1 unspecified atom stereocenters. The van der Waals surface area contributed by atoms with Crippen molar-refractivity contribution in [2.24, 2.45) is 0 Å². The molecule has 0 heterocycles. The van der Waals surface area contributed by atoms with Crippen LogP contribution in [0, 0.1) is 5.41 Å². The van der Waals surface area contributed by atoms with E-state index < -0.39 is 6.10 Å². The number of aliphatic hydroxyl groups is 1.